The van der Waals surface area contributed by atoms with E-state index in [4.69, 9.17) is 0 Å². The molecule has 0 amide bonds. The lowest BCUT2D eigenvalue weighted by atomic mass is 10.1. The Kier molecular flexibility index (Phi) is 5.50. The third kappa shape index (κ3) is 4.05. The molecule has 0 aromatic heterocycles. The Hall–Kier alpha value is -1.01. The molecule has 0 radical (unpaired) electrons. The van der Waals surface area contributed by atoms with E-state index in [2.05, 4.69) is 37.8 Å². The maximum Gasteiger partial charge on any atom is 0.349 e. The number of methoxy groups -OCH3 is 1. The summed E-state index contributed by atoms with van der Waals surface area (Å²) in [5.74, 6) is -0.815. The van der Waals surface area contributed by atoms with Crippen LogP contribution >= 0.6 is 28.8 Å². The van der Waals surface area contributed by atoms with E-state index >= 15 is 0 Å². The van der Waals surface area contributed by atoms with Gasteiger partial charge in [0.1, 0.15) is 0 Å². The van der Waals surface area contributed by atoms with Gasteiger partial charge < -0.3 is 8.92 Å². The van der Waals surface area contributed by atoms with E-state index in [1.807, 2.05) is 0 Å². The molecule has 0 saturated heterocycles. The highest BCUT2D eigenvalue weighted by Crippen LogP contribution is 2.27. The van der Waals surface area contributed by atoms with Crippen molar-refractivity contribution < 1.29 is 18.5 Å². The predicted octanol–water partition coefficient (Wildman–Crippen LogP) is 2.69. The average molecular weight is 319 g/mol. The summed E-state index contributed by atoms with van der Waals surface area (Å²) in [6.07, 6.45) is 0.229. The van der Waals surface area contributed by atoms with Crippen molar-refractivity contribution in [3.8, 4) is 0 Å². The van der Waals surface area contributed by atoms with Crippen LogP contribution in [0.1, 0.15) is 27.2 Å². The van der Waals surface area contributed by atoms with E-state index in [1.54, 1.807) is 24.3 Å². The Balaban J connectivity index is 2.73. The fourth-order valence-electron chi connectivity index (χ4n) is 1.23. The third-order valence-electron chi connectivity index (χ3n) is 2.16. The summed E-state index contributed by atoms with van der Waals surface area (Å²) in [6.45, 7) is 0. The van der Waals surface area contributed by atoms with Crippen molar-refractivity contribution in [1.82, 2.24) is 0 Å². The Bertz CT molecular complexity index is 404. The van der Waals surface area contributed by atoms with Gasteiger partial charge in [-0.3, -0.25) is 4.79 Å². The number of carbonyl (C=O) groups excluding carboxylic acids is 2. The molecule has 1 aromatic rings. The van der Waals surface area contributed by atoms with Crippen LogP contribution in [-0.4, -0.2) is 19.0 Å². The van der Waals surface area contributed by atoms with Crippen LogP contribution in [0.4, 0.5) is 0 Å². The zero-order valence-electron chi connectivity index (χ0n) is 9.05. The van der Waals surface area contributed by atoms with Crippen LogP contribution < -0.4 is 0 Å². The molecule has 17 heavy (non-hydrogen) atoms. The minimum absolute atomic E-state index is 0.143. The summed E-state index contributed by atoms with van der Waals surface area (Å²) in [6, 6.07) is 6.70. The SMILES string of the molecule is COC(=O)CC(Br)c1ccc(C(=O)OS)cc1. The molecule has 1 aromatic carbocycles. The third-order valence-corrected chi connectivity index (χ3v) is 3.18. The van der Waals surface area contributed by atoms with Crippen molar-refractivity contribution in [1.29, 1.82) is 0 Å². The standard InChI is InChI=1S/C11H11BrO4S/c1-15-10(13)6-9(12)7-2-4-8(5-3-7)11(14)16-17/h2-5,9,17H,6H2,1H3. The van der Waals surface area contributed by atoms with E-state index in [0.717, 1.165) is 5.56 Å². The Morgan fingerprint density at radius 2 is 1.94 bits per heavy atom. The van der Waals surface area contributed by atoms with Gasteiger partial charge in [-0.15, -0.1) is 0 Å². The molecule has 0 bridgehead atoms. The fraction of sp³-hybridized carbons (Fsp3) is 0.273. The summed E-state index contributed by atoms with van der Waals surface area (Å²) in [4.78, 5) is 22.1. The van der Waals surface area contributed by atoms with Gasteiger partial charge >= 0.3 is 11.9 Å². The van der Waals surface area contributed by atoms with Crippen molar-refractivity contribution in [2.24, 2.45) is 0 Å². The first-order valence-electron chi connectivity index (χ1n) is 4.75. The summed E-state index contributed by atoms with van der Waals surface area (Å²) < 4.78 is 8.86. The summed E-state index contributed by atoms with van der Waals surface area (Å²) in [5.41, 5.74) is 1.28. The Morgan fingerprint density at radius 1 is 1.35 bits per heavy atom. The molecular weight excluding hydrogens is 308 g/mol. The van der Waals surface area contributed by atoms with E-state index in [1.165, 1.54) is 7.11 Å². The number of ether oxygens (including phenoxy) is 1. The van der Waals surface area contributed by atoms with Crippen LogP contribution in [0.15, 0.2) is 24.3 Å². The van der Waals surface area contributed by atoms with Crippen LogP contribution in [0, 0.1) is 0 Å². The van der Waals surface area contributed by atoms with Gasteiger partial charge in [-0.1, -0.05) is 28.1 Å². The lowest BCUT2D eigenvalue weighted by Gasteiger charge is -2.09. The Labute approximate surface area is 113 Å². The van der Waals surface area contributed by atoms with Gasteiger partial charge in [-0.25, -0.2) is 4.79 Å². The predicted molar refractivity (Wildman–Crippen MR) is 69.1 cm³/mol. The zero-order chi connectivity index (χ0) is 12.8. The van der Waals surface area contributed by atoms with Gasteiger partial charge in [0.15, 0.2) is 0 Å². The van der Waals surface area contributed by atoms with Gasteiger partial charge in [0.05, 0.1) is 19.1 Å². The minimum atomic E-state index is -0.515. The van der Waals surface area contributed by atoms with Crippen LogP contribution in [0.25, 0.3) is 0 Å². The average Bonchev–Trinajstić information content (AvgIpc) is 2.37. The number of hydrogen-bond donors (Lipinski definition) is 1. The quantitative estimate of drug-likeness (QED) is 0.401. The molecule has 92 valence electrons. The van der Waals surface area contributed by atoms with Crippen molar-refractivity contribution >= 4 is 40.8 Å². The summed E-state index contributed by atoms with van der Waals surface area (Å²) in [5, 5.41) is 0. The molecule has 0 aliphatic carbocycles. The number of benzene rings is 1. The molecule has 1 rings (SSSR count). The second-order valence-electron chi connectivity index (χ2n) is 3.25. The first kappa shape index (κ1) is 14.1. The minimum Gasteiger partial charge on any atom is -0.469 e. The molecule has 0 spiro atoms. The summed E-state index contributed by atoms with van der Waals surface area (Å²) >= 11 is 6.81. The van der Waals surface area contributed by atoms with Crippen molar-refractivity contribution in [2.45, 2.75) is 11.2 Å². The number of hydrogen-bond acceptors (Lipinski definition) is 5. The van der Waals surface area contributed by atoms with E-state index in [0.29, 0.717) is 5.56 Å². The van der Waals surface area contributed by atoms with Crippen LogP contribution in [0.2, 0.25) is 0 Å². The lowest BCUT2D eigenvalue weighted by Crippen LogP contribution is -2.04. The van der Waals surface area contributed by atoms with E-state index < -0.39 is 5.97 Å². The molecule has 0 fully saturated rings. The second kappa shape index (κ2) is 6.66. The first-order chi connectivity index (χ1) is 8.08. The van der Waals surface area contributed by atoms with E-state index in [9.17, 15) is 9.59 Å². The van der Waals surface area contributed by atoms with Crippen molar-refractivity contribution in [3.63, 3.8) is 0 Å². The molecule has 0 aliphatic heterocycles. The molecule has 0 N–H and O–H groups in total. The fourth-order valence-corrected chi connectivity index (χ4v) is 1.90. The number of halogens is 1. The monoisotopic (exact) mass is 318 g/mol. The van der Waals surface area contributed by atoms with Crippen molar-refractivity contribution in [3.05, 3.63) is 35.4 Å². The molecule has 0 aliphatic rings. The highest BCUT2D eigenvalue weighted by Gasteiger charge is 2.14. The number of alkyl halides is 1. The highest BCUT2D eigenvalue weighted by molar-refractivity contribution is 9.09. The van der Waals surface area contributed by atoms with Gasteiger partial charge in [-0.2, -0.15) is 0 Å². The number of rotatable bonds is 4. The smallest absolute Gasteiger partial charge is 0.349 e. The topological polar surface area (TPSA) is 52.6 Å². The number of esters is 1. The van der Waals surface area contributed by atoms with Crippen molar-refractivity contribution in [2.75, 3.05) is 7.11 Å². The normalized spacial score (nSPS) is 11.7. The van der Waals surface area contributed by atoms with Gasteiger partial charge in [-0.05, 0) is 17.7 Å². The van der Waals surface area contributed by atoms with Crippen LogP contribution in [0.5, 0.6) is 0 Å². The van der Waals surface area contributed by atoms with Gasteiger partial charge in [0.2, 0.25) is 0 Å². The summed E-state index contributed by atoms with van der Waals surface area (Å²) in [7, 11) is 1.34. The number of thiol groups is 1. The maximum absolute atomic E-state index is 11.1. The lowest BCUT2D eigenvalue weighted by molar-refractivity contribution is -0.140. The van der Waals surface area contributed by atoms with E-state index in [-0.39, 0.29) is 17.2 Å². The van der Waals surface area contributed by atoms with Gasteiger partial charge in [0.25, 0.3) is 0 Å². The Morgan fingerprint density at radius 3 is 2.41 bits per heavy atom. The zero-order valence-corrected chi connectivity index (χ0v) is 11.5. The molecule has 1 unspecified atom stereocenters. The molecule has 6 heteroatoms. The molecule has 0 saturated carbocycles. The maximum atomic E-state index is 11.1. The van der Waals surface area contributed by atoms with Crippen LogP contribution in [-0.2, 0) is 13.7 Å². The number of carbonyl (C=O) groups is 2. The highest BCUT2D eigenvalue weighted by atomic mass is 79.9. The molecular formula is C11H11BrO4S. The first-order valence-corrected chi connectivity index (χ1v) is 6.03. The second-order valence-corrected chi connectivity index (χ2v) is 4.54. The van der Waals surface area contributed by atoms with Crippen LogP contribution in [0.3, 0.4) is 0 Å². The molecule has 1 atom stereocenters. The molecule has 4 nitrogen and oxygen atoms in total. The largest absolute Gasteiger partial charge is 0.469 e. The van der Waals surface area contributed by atoms with Gasteiger partial charge in [0, 0.05) is 17.7 Å². The molecule has 0 heterocycles.